The second-order valence-electron chi connectivity index (χ2n) is 4.60. The van der Waals surface area contributed by atoms with E-state index in [-0.39, 0.29) is 0 Å². The highest BCUT2D eigenvalue weighted by molar-refractivity contribution is 5.54. The maximum Gasteiger partial charge on any atom is 0.137 e. The molecule has 2 heterocycles. The summed E-state index contributed by atoms with van der Waals surface area (Å²) in [6, 6.07) is 13.3. The van der Waals surface area contributed by atoms with Gasteiger partial charge in [0.05, 0.1) is 6.54 Å². The van der Waals surface area contributed by atoms with Crippen molar-refractivity contribution in [3.63, 3.8) is 0 Å². The van der Waals surface area contributed by atoms with Crippen LogP contribution in [0.25, 0.3) is 0 Å². The number of hydrogen-bond acceptors (Lipinski definition) is 7. The molecule has 7 heteroatoms. The van der Waals surface area contributed by atoms with E-state index in [1.54, 1.807) is 12.3 Å². The molecule has 3 rings (SSSR count). The lowest BCUT2D eigenvalue weighted by atomic mass is 10.3. The summed E-state index contributed by atoms with van der Waals surface area (Å²) in [5, 5.41) is 6.28. The fourth-order valence-electron chi connectivity index (χ4n) is 1.88. The van der Waals surface area contributed by atoms with Gasteiger partial charge >= 0.3 is 0 Å². The molecular formula is C16H16N6O. The van der Waals surface area contributed by atoms with Crippen LogP contribution in [0.4, 0.5) is 17.5 Å². The first kappa shape index (κ1) is 14.7. The minimum Gasteiger partial charge on any atom is -0.492 e. The summed E-state index contributed by atoms with van der Waals surface area (Å²) in [7, 11) is 0. The van der Waals surface area contributed by atoms with Crippen LogP contribution in [-0.4, -0.2) is 33.1 Å². The van der Waals surface area contributed by atoms with Gasteiger partial charge in [0, 0.05) is 12.3 Å². The first-order valence-electron chi connectivity index (χ1n) is 7.17. The summed E-state index contributed by atoms with van der Waals surface area (Å²) in [4.78, 5) is 16.3. The SMILES string of the molecule is c1ccc(OCCNc2cc(Nc3ccncn3)ncn2)cc1. The Labute approximate surface area is 133 Å². The zero-order valence-corrected chi connectivity index (χ0v) is 12.4. The van der Waals surface area contributed by atoms with E-state index in [0.29, 0.717) is 30.6 Å². The molecule has 0 saturated carbocycles. The summed E-state index contributed by atoms with van der Waals surface area (Å²) >= 11 is 0. The van der Waals surface area contributed by atoms with E-state index in [4.69, 9.17) is 4.74 Å². The van der Waals surface area contributed by atoms with Gasteiger partial charge in [-0.3, -0.25) is 0 Å². The van der Waals surface area contributed by atoms with Crippen molar-refractivity contribution < 1.29 is 4.74 Å². The molecule has 2 N–H and O–H groups in total. The number of nitrogens with zero attached hydrogens (tertiary/aromatic N) is 4. The van der Waals surface area contributed by atoms with Crippen molar-refractivity contribution in [3.8, 4) is 5.75 Å². The normalized spacial score (nSPS) is 10.1. The Morgan fingerprint density at radius 1 is 0.870 bits per heavy atom. The number of ether oxygens (including phenoxy) is 1. The fraction of sp³-hybridized carbons (Fsp3) is 0.125. The molecule has 0 aliphatic carbocycles. The van der Waals surface area contributed by atoms with Crippen LogP contribution in [0.15, 0.2) is 61.3 Å². The van der Waals surface area contributed by atoms with E-state index in [9.17, 15) is 0 Å². The van der Waals surface area contributed by atoms with Gasteiger partial charge in [0.1, 0.15) is 42.5 Å². The number of para-hydroxylation sites is 1. The van der Waals surface area contributed by atoms with E-state index in [1.165, 1.54) is 12.7 Å². The minimum absolute atomic E-state index is 0.544. The summed E-state index contributed by atoms with van der Waals surface area (Å²) < 4.78 is 5.62. The van der Waals surface area contributed by atoms with Crippen molar-refractivity contribution in [2.75, 3.05) is 23.8 Å². The molecule has 0 saturated heterocycles. The molecule has 0 bridgehead atoms. The molecule has 0 spiro atoms. The third-order valence-corrected chi connectivity index (χ3v) is 2.93. The van der Waals surface area contributed by atoms with Crippen LogP contribution in [0.5, 0.6) is 5.75 Å². The quantitative estimate of drug-likeness (QED) is 0.649. The molecule has 23 heavy (non-hydrogen) atoms. The Morgan fingerprint density at radius 3 is 2.52 bits per heavy atom. The molecule has 0 atom stereocenters. The third-order valence-electron chi connectivity index (χ3n) is 2.93. The number of rotatable bonds is 7. The molecule has 0 fully saturated rings. The smallest absolute Gasteiger partial charge is 0.137 e. The summed E-state index contributed by atoms with van der Waals surface area (Å²) in [5.74, 6) is 2.90. The zero-order chi connectivity index (χ0) is 15.7. The minimum atomic E-state index is 0.544. The maximum atomic E-state index is 5.62. The number of benzene rings is 1. The Kier molecular flexibility index (Phi) is 4.92. The molecular weight excluding hydrogens is 292 g/mol. The lowest BCUT2D eigenvalue weighted by Crippen LogP contribution is -2.12. The van der Waals surface area contributed by atoms with Gasteiger partial charge in [0.15, 0.2) is 0 Å². The molecule has 0 aliphatic heterocycles. The highest BCUT2D eigenvalue weighted by Crippen LogP contribution is 2.13. The largest absolute Gasteiger partial charge is 0.492 e. The topological polar surface area (TPSA) is 84.9 Å². The highest BCUT2D eigenvalue weighted by Gasteiger charge is 2.00. The van der Waals surface area contributed by atoms with E-state index >= 15 is 0 Å². The van der Waals surface area contributed by atoms with Crippen LogP contribution in [0, 0.1) is 0 Å². The van der Waals surface area contributed by atoms with Crippen LogP contribution in [0.2, 0.25) is 0 Å². The Hall–Kier alpha value is -3.22. The van der Waals surface area contributed by atoms with E-state index in [1.807, 2.05) is 36.4 Å². The van der Waals surface area contributed by atoms with Crippen molar-refractivity contribution in [2.24, 2.45) is 0 Å². The Balaban J connectivity index is 1.49. The number of anilines is 3. The van der Waals surface area contributed by atoms with Gasteiger partial charge in [-0.2, -0.15) is 0 Å². The number of nitrogens with one attached hydrogen (secondary N) is 2. The molecule has 0 unspecified atom stereocenters. The van der Waals surface area contributed by atoms with Gasteiger partial charge in [-0.05, 0) is 18.2 Å². The highest BCUT2D eigenvalue weighted by atomic mass is 16.5. The van der Waals surface area contributed by atoms with Gasteiger partial charge < -0.3 is 15.4 Å². The molecule has 1 aromatic carbocycles. The summed E-state index contributed by atoms with van der Waals surface area (Å²) in [6.45, 7) is 1.18. The van der Waals surface area contributed by atoms with E-state index < -0.39 is 0 Å². The molecule has 3 aromatic rings. The lowest BCUT2D eigenvalue weighted by molar-refractivity contribution is 0.333. The summed E-state index contributed by atoms with van der Waals surface area (Å²) in [5.41, 5.74) is 0. The van der Waals surface area contributed by atoms with Gasteiger partial charge in [0.2, 0.25) is 0 Å². The number of hydrogen-bond donors (Lipinski definition) is 2. The zero-order valence-electron chi connectivity index (χ0n) is 12.4. The molecule has 2 aromatic heterocycles. The van der Waals surface area contributed by atoms with Gasteiger partial charge in [-0.1, -0.05) is 18.2 Å². The van der Waals surface area contributed by atoms with Crippen molar-refractivity contribution in [2.45, 2.75) is 0 Å². The first-order valence-corrected chi connectivity index (χ1v) is 7.17. The second kappa shape index (κ2) is 7.69. The fourth-order valence-corrected chi connectivity index (χ4v) is 1.88. The molecule has 0 aliphatic rings. The third kappa shape index (κ3) is 4.63. The van der Waals surface area contributed by atoms with Gasteiger partial charge in [-0.25, -0.2) is 19.9 Å². The van der Waals surface area contributed by atoms with Crippen LogP contribution < -0.4 is 15.4 Å². The average molecular weight is 308 g/mol. The molecule has 116 valence electrons. The van der Waals surface area contributed by atoms with Crippen molar-refractivity contribution in [3.05, 3.63) is 61.3 Å². The van der Waals surface area contributed by atoms with Crippen molar-refractivity contribution in [1.29, 1.82) is 0 Å². The lowest BCUT2D eigenvalue weighted by Gasteiger charge is -2.09. The summed E-state index contributed by atoms with van der Waals surface area (Å²) in [6.07, 6.45) is 4.63. The monoisotopic (exact) mass is 308 g/mol. The van der Waals surface area contributed by atoms with E-state index in [0.717, 1.165) is 5.75 Å². The first-order chi connectivity index (χ1) is 11.4. The standard InChI is InChI=1S/C16H16N6O/c1-2-4-13(5-3-1)23-9-8-18-15-10-16(21-12-20-15)22-14-6-7-17-11-19-14/h1-7,10-12H,8-9H2,(H2,17,18,19,20,21,22). The van der Waals surface area contributed by atoms with Crippen molar-refractivity contribution in [1.82, 2.24) is 19.9 Å². The van der Waals surface area contributed by atoms with Crippen LogP contribution in [0.3, 0.4) is 0 Å². The Morgan fingerprint density at radius 2 is 1.70 bits per heavy atom. The predicted octanol–water partition coefficient (Wildman–Crippen LogP) is 2.50. The van der Waals surface area contributed by atoms with Crippen LogP contribution in [-0.2, 0) is 0 Å². The van der Waals surface area contributed by atoms with Crippen LogP contribution in [0.1, 0.15) is 0 Å². The Bertz CT molecular complexity index is 723. The average Bonchev–Trinajstić information content (AvgIpc) is 2.61. The van der Waals surface area contributed by atoms with E-state index in [2.05, 4.69) is 30.6 Å². The molecule has 7 nitrogen and oxygen atoms in total. The van der Waals surface area contributed by atoms with Crippen molar-refractivity contribution >= 4 is 17.5 Å². The molecule has 0 amide bonds. The van der Waals surface area contributed by atoms with Gasteiger partial charge in [0.25, 0.3) is 0 Å². The van der Waals surface area contributed by atoms with Crippen LogP contribution >= 0.6 is 0 Å². The van der Waals surface area contributed by atoms with Gasteiger partial charge in [-0.15, -0.1) is 0 Å². The number of aromatic nitrogens is 4. The molecule has 0 radical (unpaired) electrons. The maximum absolute atomic E-state index is 5.62. The predicted molar refractivity (Wildman–Crippen MR) is 87.8 cm³/mol. The second-order valence-corrected chi connectivity index (χ2v) is 4.60.